The second kappa shape index (κ2) is 7.34. The lowest BCUT2D eigenvalue weighted by Gasteiger charge is -2.09. The Labute approximate surface area is 90.3 Å². The lowest BCUT2D eigenvalue weighted by atomic mass is 10.2. The minimum Gasteiger partial charge on any atom is -0.391 e. The van der Waals surface area contributed by atoms with E-state index in [1.54, 1.807) is 13.3 Å². The second-order valence-corrected chi connectivity index (χ2v) is 3.40. The van der Waals surface area contributed by atoms with Crippen LogP contribution in [-0.4, -0.2) is 36.5 Å². The molecule has 4 heteroatoms. The summed E-state index contributed by atoms with van der Waals surface area (Å²) in [5.74, 6) is 0. The molecular formula is C11H18N2O2. The van der Waals surface area contributed by atoms with Crippen LogP contribution in [0.1, 0.15) is 12.1 Å². The molecule has 0 spiro atoms. The van der Waals surface area contributed by atoms with Gasteiger partial charge in [-0.2, -0.15) is 0 Å². The SMILES string of the molecule is COCC(O)CCNCc1ccccn1. The minimum atomic E-state index is -0.383. The van der Waals surface area contributed by atoms with E-state index >= 15 is 0 Å². The van der Waals surface area contributed by atoms with Crippen molar-refractivity contribution in [1.29, 1.82) is 0 Å². The molecule has 0 aliphatic rings. The molecule has 1 unspecified atom stereocenters. The van der Waals surface area contributed by atoms with Crippen LogP contribution in [0.25, 0.3) is 0 Å². The van der Waals surface area contributed by atoms with E-state index in [4.69, 9.17) is 4.74 Å². The van der Waals surface area contributed by atoms with Gasteiger partial charge in [-0.1, -0.05) is 6.07 Å². The van der Waals surface area contributed by atoms with Gasteiger partial charge in [0.2, 0.25) is 0 Å². The summed E-state index contributed by atoms with van der Waals surface area (Å²) in [6.45, 7) is 1.90. The maximum Gasteiger partial charge on any atom is 0.0785 e. The number of rotatable bonds is 7. The van der Waals surface area contributed by atoms with Gasteiger partial charge in [0, 0.05) is 19.9 Å². The summed E-state index contributed by atoms with van der Waals surface area (Å²) >= 11 is 0. The molecule has 0 saturated carbocycles. The first-order valence-corrected chi connectivity index (χ1v) is 5.10. The van der Waals surface area contributed by atoms with Crippen molar-refractivity contribution < 1.29 is 9.84 Å². The van der Waals surface area contributed by atoms with Crippen LogP contribution in [0.5, 0.6) is 0 Å². The largest absolute Gasteiger partial charge is 0.391 e. The summed E-state index contributed by atoms with van der Waals surface area (Å²) < 4.78 is 4.83. The number of aliphatic hydroxyl groups is 1. The fourth-order valence-electron chi connectivity index (χ4n) is 1.26. The van der Waals surface area contributed by atoms with Gasteiger partial charge in [0.05, 0.1) is 18.4 Å². The summed E-state index contributed by atoms with van der Waals surface area (Å²) in [6.07, 6.45) is 2.09. The van der Waals surface area contributed by atoms with Crippen molar-refractivity contribution in [2.75, 3.05) is 20.3 Å². The van der Waals surface area contributed by atoms with E-state index in [0.717, 1.165) is 18.8 Å². The fourth-order valence-corrected chi connectivity index (χ4v) is 1.26. The van der Waals surface area contributed by atoms with Crippen molar-refractivity contribution in [3.8, 4) is 0 Å². The first-order chi connectivity index (χ1) is 7.33. The molecule has 1 rings (SSSR count). The third-order valence-corrected chi connectivity index (χ3v) is 2.05. The number of ether oxygens (including phenoxy) is 1. The molecule has 1 aromatic rings. The third kappa shape index (κ3) is 5.47. The van der Waals surface area contributed by atoms with Crippen LogP contribution >= 0.6 is 0 Å². The Hall–Kier alpha value is -0.970. The molecule has 1 heterocycles. The molecule has 0 aliphatic carbocycles. The van der Waals surface area contributed by atoms with Crippen molar-refractivity contribution >= 4 is 0 Å². The maximum atomic E-state index is 9.37. The highest BCUT2D eigenvalue weighted by Crippen LogP contribution is 1.94. The van der Waals surface area contributed by atoms with Gasteiger partial charge >= 0.3 is 0 Å². The van der Waals surface area contributed by atoms with Gasteiger partial charge in [-0.3, -0.25) is 4.98 Å². The summed E-state index contributed by atoms with van der Waals surface area (Å²) in [5, 5.41) is 12.6. The molecule has 0 fully saturated rings. The summed E-state index contributed by atoms with van der Waals surface area (Å²) in [5.41, 5.74) is 1.01. The number of aliphatic hydroxyl groups excluding tert-OH is 1. The molecule has 1 atom stereocenters. The molecule has 0 aliphatic heterocycles. The van der Waals surface area contributed by atoms with E-state index in [1.165, 1.54) is 0 Å². The molecule has 0 radical (unpaired) electrons. The van der Waals surface area contributed by atoms with Gasteiger partial charge in [0.15, 0.2) is 0 Å². The Bertz CT molecular complexity index is 254. The molecule has 0 bridgehead atoms. The van der Waals surface area contributed by atoms with Crippen molar-refractivity contribution in [3.05, 3.63) is 30.1 Å². The summed E-state index contributed by atoms with van der Waals surface area (Å²) in [7, 11) is 1.59. The molecule has 0 amide bonds. The third-order valence-electron chi connectivity index (χ3n) is 2.05. The Morgan fingerprint density at radius 1 is 1.53 bits per heavy atom. The van der Waals surface area contributed by atoms with Gasteiger partial charge in [-0.05, 0) is 25.1 Å². The van der Waals surface area contributed by atoms with Crippen LogP contribution in [-0.2, 0) is 11.3 Å². The first kappa shape index (κ1) is 12.1. The zero-order chi connectivity index (χ0) is 10.9. The molecule has 15 heavy (non-hydrogen) atoms. The average molecular weight is 210 g/mol. The van der Waals surface area contributed by atoms with Crippen molar-refractivity contribution in [3.63, 3.8) is 0 Å². The van der Waals surface area contributed by atoms with E-state index in [0.29, 0.717) is 13.0 Å². The van der Waals surface area contributed by atoms with Crippen molar-refractivity contribution in [1.82, 2.24) is 10.3 Å². The molecular weight excluding hydrogens is 192 g/mol. The predicted molar refractivity (Wildman–Crippen MR) is 58.4 cm³/mol. The highest BCUT2D eigenvalue weighted by molar-refractivity contribution is 5.02. The molecule has 0 saturated heterocycles. The van der Waals surface area contributed by atoms with Crippen LogP contribution in [0.4, 0.5) is 0 Å². The molecule has 2 N–H and O–H groups in total. The standard InChI is InChI=1S/C11H18N2O2/c1-15-9-11(14)5-7-12-8-10-4-2-3-6-13-10/h2-4,6,11-12,14H,5,7-9H2,1H3. The van der Waals surface area contributed by atoms with Crippen LogP contribution < -0.4 is 5.32 Å². The minimum absolute atomic E-state index is 0.383. The molecule has 4 nitrogen and oxygen atoms in total. The number of aromatic nitrogens is 1. The van der Waals surface area contributed by atoms with Gasteiger partial charge in [0.1, 0.15) is 0 Å². The number of nitrogens with one attached hydrogen (secondary N) is 1. The predicted octanol–water partition coefficient (Wildman–Crippen LogP) is 0.569. The lowest BCUT2D eigenvalue weighted by molar-refractivity contribution is 0.0594. The Balaban J connectivity index is 2.07. The second-order valence-electron chi connectivity index (χ2n) is 3.40. The van der Waals surface area contributed by atoms with Crippen LogP contribution in [0, 0.1) is 0 Å². The molecule has 84 valence electrons. The fraction of sp³-hybridized carbons (Fsp3) is 0.545. The normalized spacial score (nSPS) is 12.7. The Morgan fingerprint density at radius 3 is 3.07 bits per heavy atom. The van der Waals surface area contributed by atoms with Crippen molar-refractivity contribution in [2.24, 2.45) is 0 Å². The van der Waals surface area contributed by atoms with Crippen LogP contribution in [0.2, 0.25) is 0 Å². The highest BCUT2D eigenvalue weighted by Gasteiger charge is 2.01. The smallest absolute Gasteiger partial charge is 0.0785 e. The monoisotopic (exact) mass is 210 g/mol. The van der Waals surface area contributed by atoms with E-state index in [1.807, 2.05) is 18.2 Å². The Kier molecular flexibility index (Phi) is 5.92. The zero-order valence-corrected chi connectivity index (χ0v) is 9.02. The summed E-state index contributed by atoms with van der Waals surface area (Å²) in [4.78, 5) is 4.18. The quantitative estimate of drug-likeness (QED) is 0.646. The van der Waals surface area contributed by atoms with Gasteiger partial charge in [0.25, 0.3) is 0 Å². The number of hydrogen-bond acceptors (Lipinski definition) is 4. The van der Waals surface area contributed by atoms with E-state index in [9.17, 15) is 5.11 Å². The van der Waals surface area contributed by atoms with E-state index in [2.05, 4.69) is 10.3 Å². The molecule has 1 aromatic heterocycles. The average Bonchev–Trinajstić information content (AvgIpc) is 2.26. The molecule has 0 aromatic carbocycles. The highest BCUT2D eigenvalue weighted by atomic mass is 16.5. The number of pyridine rings is 1. The van der Waals surface area contributed by atoms with Crippen molar-refractivity contribution in [2.45, 2.75) is 19.1 Å². The van der Waals surface area contributed by atoms with E-state index < -0.39 is 0 Å². The van der Waals surface area contributed by atoms with Crippen LogP contribution in [0.3, 0.4) is 0 Å². The summed E-state index contributed by atoms with van der Waals surface area (Å²) in [6, 6.07) is 5.83. The zero-order valence-electron chi connectivity index (χ0n) is 9.02. The number of methoxy groups -OCH3 is 1. The Morgan fingerprint density at radius 2 is 2.40 bits per heavy atom. The van der Waals surface area contributed by atoms with Gasteiger partial charge < -0.3 is 15.2 Å². The first-order valence-electron chi connectivity index (χ1n) is 5.10. The number of hydrogen-bond donors (Lipinski definition) is 2. The van der Waals surface area contributed by atoms with Crippen LogP contribution in [0.15, 0.2) is 24.4 Å². The van der Waals surface area contributed by atoms with Gasteiger partial charge in [-0.15, -0.1) is 0 Å². The van der Waals surface area contributed by atoms with Gasteiger partial charge in [-0.25, -0.2) is 0 Å². The van der Waals surface area contributed by atoms with E-state index in [-0.39, 0.29) is 6.10 Å². The topological polar surface area (TPSA) is 54.4 Å². The maximum absolute atomic E-state index is 9.37. The number of nitrogens with zero attached hydrogens (tertiary/aromatic N) is 1. The lowest BCUT2D eigenvalue weighted by Crippen LogP contribution is -2.23.